The number of rotatable bonds is 6. The minimum absolute atomic E-state index is 0.0114. The molecule has 0 heterocycles. The number of nitrogen functional groups attached to an aromatic ring is 2. The standard InChI is InChI=1S/C22H21N5O.2C2HF3O2/c23-20(24)15-10-8-14(9-11-15)13-27-22(28)19-7-2-1-6-18(19)16-4-3-5-17(12-16)21(25)26;2*3-2(4,5)1(6)7/h1-12H,13H2,(H3,23,24)(H3,25,26)(H,27,28);2*(H,6,7). The molecule has 0 spiro atoms. The Labute approximate surface area is 233 Å². The highest BCUT2D eigenvalue weighted by Gasteiger charge is 2.38. The van der Waals surface area contributed by atoms with Crippen LogP contribution < -0.4 is 16.8 Å². The van der Waals surface area contributed by atoms with E-state index in [9.17, 15) is 31.1 Å². The molecule has 0 saturated carbocycles. The molecule has 0 unspecified atom stereocenters. The molecule has 0 atom stereocenters. The van der Waals surface area contributed by atoms with E-state index in [0.29, 0.717) is 23.2 Å². The number of carbonyl (C=O) groups is 3. The average molecular weight is 599 g/mol. The molecule has 0 saturated heterocycles. The molecule has 1 amide bonds. The fourth-order valence-electron chi connectivity index (χ4n) is 2.87. The van der Waals surface area contributed by atoms with Crippen molar-refractivity contribution < 1.29 is 50.9 Å². The Hall–Kier alpha value is -5.41. The third-order valence-electron chi connectivity index (χ3n) is 4.86. The van der Waals surface area contributed by atoms with E-state index < -0.39 is 24.3 Å². The van der Waals surface area contributed by atoms with E-state index in [2.05, 4.69) is 5.32 Å². The Balaban J connectivity index is 0.000000522. The average Bonchev–Trinajstić information content (AvgIpc) is 2.91. The van der Waals surface area contributed by atoms with Gasteiger partial charge in [0.25, 0.3) is 5.91 Å². The molecule has 3 rings (SSSR count). The Morgan fingerprint density at radius 2 is 1.19 bits per heavy atom. The molecule has 224 valence electrons. The first-order valence-electron chi connectivity index (χ1n) is 11.2. The summed E-state index contributed by atoms with van der Waals surface area (Å²) in [6, 6.07) is 21.8. The molecule has 0 radical (unpaired) electrons. The maximum Gasteiger partial charge on any atom is 0.490 e. The van der Waals surface area contributed by atoms with Crippen molar-refractivity contribution in [2.45, 2.75) is 18.9 Å². The molecule has 0 aliphatic carbocycles. The number of amides is 1. The van der Waals surface area contributed by atoms with Crippen LogP contribution in [-0.2, 0) is 16.1 Å². The number of alkyl halides is 6. The molecule has 10 nitrogen and oxygen atoms in total. The first kappa shape index (κ1) is 34.6. The van der Waals surface area contributed by atoms with Crippen LogP contribution in [0.25, 0.3) is 11.1 Å². The zero-order valence-electron chi connectivity index (χ0n) is 21.2. The molecule has 9 N–H and O–H groups in total. The van der Waals surface area contributed by atoms with E-state index in [-0.39, 0.29) is 17.6 Å². The van der Waals surface area contributed by atoms with Gasteiger partial charge in [0.1, 0.15) is 11.7 Å². The third-order valence-corrected chi connectivity index (χ3v) is 4.86. The number of nitrogens with two attached hydrogens (primary N) is 2. The van der Waals surface area contributed by atoms with E-state index >= 15 is 0 Å². The van der Waals surface area contributed by atoms with Gasteiger partial charge in [-0.1, -0.05) is 60.7 Å². The quantitative estimate of drug-likeness (QED) is 0.125. The van der Waals surface area contributed by atoms with Gasteiger partial charge < -0.3 is 27.0 Å². The molecular formula is C26H23F6N5O5. The second kappa shape index (κ2) is 14.8. The molecule has 3 aromatic carbocycles. The highest BCUT2D eigenvalue weighted by molar-refractivity contribution is 6.02. The summed E-state index contributed by atoms with van der Waals surface area (Å²) < 4.78 is 63.5. The second-order valence-corrected chi connectivity index (χ2v) is 7.94. The van der Waals surface area contributed by atoms with E-state index in [1.54, 1.807) is 30.3 Å². The number of amidine groups is 2. The summed E-state index contributed by atoms with van der Waals surface area (Å²) in [7, 11) is 0. The van der Waals surface area contributed by atoms with E-state index in [1.807, 2.05) is 42.5 Å². The minimum atomic E-state index is -5.08. The van der Waals surface area contributed by atoms with Gasteiger partial charge in [0.05, 0.1) is 0 Å². The van der Waals surface area contributed by atoms with E-state index in [4.69, 9.17) is 42.1 Å². The van der Waals surface area contributed by atoms with Gasteiger partial charge in [-0.25, -0.2) is 9.59 Å². The Morgan fingerprint density at radius 1 is 0.714 bits per heavy atom. The Bertz CT molecular complexity index is 1420. The molecule has 42 heavy (non-hydrogen) atoms. The lowest BCUT2D eigenvalue weighted by atomic mass is 9.97. The summed E-state index contributed by atoms with van der Waals surface area (Å²) in [5.74, 6) is -5.71. The van der Waals surface area contributed by atoms with Crippen LogP contribution in [0.5, 0.6) is 0 Å². The fourth-order valence-corrected chi connectivity index (χ4v) is 2.87. The lowest BCUT2D eigenvalue weighted by Gasteiger charge is -2.12. The minimum Gasteiger partial charge on any atom is -0.475 e. The normalized spacial score (nSPS) is 10.6. The van der Waals surface area contributed by atoms with Gasteiger partial charge in [0.2, 0.25) is 0 Å². The molecular weight excluding hydrogens is 576 g/mol. The van der Waals surface area contributed by atoms with Crippen LogP contribution in [0.4, 0.5) is 26.3 Å². The smallest absolute Gasteiger partial charge is 0.475 e. The van der Waals surface area contributed by atoms with Gasteiger partial charge in [-0.2, -0.15) is 26.3 Å². The SMILES string of the molecule is N=C(N)c1ccc(CNC(=O)c2ccccc2-c2cccc(C(=N)N)c2)cc1.O=C(O)C(F)(F)F.O=C(O)C(F)(F)F. The highest BCUT2D eigenvalue weighted by Crippen LogP contribution is 2.25. The lowest BCUT2D eigenvalue weighted by Crippen LogP contribution is -2.23. The van der Waals surface area contributed by atoms with Crippen LogP contribution in [0.1, 0.15) is 27.0 Å². The fraction of sp³-hybridized carbons (Fsp3) is 0.115. The molecule has 16 heteroatoms. The summed E-state index contributed by atoms with van der Waals surface area (Å²) in [5, 5.41) is 32.2. The molecule has 0 aliphatic rings. The number of hydrogen-bond donors (Lipinski definition) is 7. The molecule has 0 aromatic heterocycles. The number of halogens is 6. The van der Waals surface area contributed by atoms with Crippen LogP contribution in [-0.4, -0.2) is 52.1 Å². The second-order valence-electron chi connectivity index (χ2n) is 7.94. The summed E-state index contributed by atoms with van der Waals surface area (Å²) in [4.78, 5) is 30.6. The Morgan fingerprint density at radius 3 is 1.64 bits per heavy atom. The predicted octanol–water partition coefficient (Wildman–Crippen LogP) is 4.12. The van der Waals surface area contributed by atoms with Crippen molar-refractivity contribution in [3.63, 3.8) is 0 Å². The number of carboxylic acids is 2. The van der Waals surface area contributed by atoms with Crippen molar-refractivity contribution in [2.24, 2.45) is 11.5 Å². The number of benzene rings is 3. The van der Waals surface area contributed by atoms with Gasteiger partial charge in [0, 0.05) is 23.2 Å². The van der Waals surface area contributed by atoms with E-state index in [1.165, 1.54) is 0 Å². The van der Waals surface area contributed by atoms with Gasteiger partial charge in [-0.05, 0) is 28.8 Å². The van der Waals surface area contributed by atoms with Crippen molar-refractivity contribution in [3.05, 3.63) is 95.1 Å². The van der Waals surface area contributed by atoms with Gasteiger partial charge in [-0.15, -0.1) is 0 Å². The van der Waals surface area contributed by atoms with Crippen molar-refractivity contribution >= 4 is 29.5 Å². The van der Waals surface area contributed by atoms with Crippen LogP contribution in [0, 0.1) is 10.8 Å². The summed E-state index contributed by atoms with van der Waals surface area (Å²) in [6.45, 7) is 0.360. The molecule has 0 aliphatic heterocycles. The lowest BCUT2D eigenvalue weighted by molar-refractivity contribution is -0.193. The number of carboxylic acid groups (broad SMARTS) is 2. The first-order chi connectivity index (χ1) is 19.3. The molecule has 0 fully saturated rings. The molecule has 0 bridgehead atoms. The molecule has 3 aromatic rings. The number of aliphatic carboxylic acids is 2. The van der Waals surface area contributed by atoms with Crippen molar-refractivity contribution in [2.75, 3.05) is 0 Å². The number of carbonyl (C=O) groups excluding carboxylic acids is 1. The van der Waals surface area contributed by atoms with Crippen molar-refractivity contribution in [1.29, 1.82) is 10.8 Å². The largest absolute Gasteiger partial charge is 0.490 e. The van der Waals surface area contributed by atoms with Crippen molar-refractivity contribution in [3.8, 4) is 11.1 Å². The van der Waals surface area contributed by atoms with Gasteiger partial charge in [0.15, 0.2) is 0 Å². The monoisotopic (exact) mass is 599 g/mol. The number of hydrogen-bond acceptors (Lipinski definition) is 5. The van der Waals surface area contributed by atoms with Crippen LogP contribution in [0.2, 0.25) is 0 Å². The third kappa shape index (κ3) is 11.4. The van der Waals surface area contributed by atoms with Crippen LogP contribution in [0.15, 0.2) is 72.8 Å². The highest BCUT2D eigenvalue weighted by atomic mass is 19.4. The number of nitrogens with one attached hydrogen (secondary N) is 3. The topological polar surface area (TPSA) is 203 Å². The van der Waals surface area contributed by atoms with Gasteiger partial charge in [-0.3, -0.25) is 15.6 Å². The van der Waals surface area contributed by atoms with Crippen LogP contribution >= 0.6 is 0 Å². The summed E-state index contributed by atoms with van der Waals surface area (Å²) in [5.41, 5.74) is 15.3. The van der Waals surface area contributed by atoms with Gasteiger partial charge >= 0.3 is 24.3 Å². The first-order valence-corrected chi connectivity index (χ1v) is 11.2. The zero-order chi connectivity index (χ0) is 32.3. The maximum atomic E-state index is 12.8. The van der Waals surface area contributed by atoms with Crippen LogP contribution in [0.3, 0.4) is 0 Å². The summed E-state index contributed by atoms with van der Waals surface area (Å²) in [6.07, 6.45) is -10.2. The van der Waals surface area contributed by atoms with Crippen molar-refractivity contribution in [1.82, 2.24) is 5.32 Å². The zero-order valence-corrected chi connectivity index (χ0v) is 21.2. The maximum absolute atomic E-state index is 12.8. The predicted molar refractivity (Wildman–Crippen MR) is 139 cm³/mol. The Kier molecular flexibility index (Phi) is 12.2. The summed E-state index contributed by atoms with van der Waals surface area (Å²) >= 11 is 0. The van der Waals surface area contributed by atoms with E-state index in [0.717, 1.165) is 16.7 Å².